The smallest absolute Gasteiger partial charge is 0.317 e. The summed E-state index contributed by atoms with van der Waals surface area (Å²) in [5.41, 5.74) is 2.24. The van der Waals surface area contributed by atoms with Crippen molar-refractivity contribution in [2.75, 3.05) is 39.3 Å². The topological polar surface area (TPSA) is 65.9 Å². The fourth-order valence-electron chi connectivity index (χ4n) is 4.36. The highest BCUT2D eigenvalue weighted by molar-refractivity contribution is 7.15. The number of nitrogens with zero attached hydrogens (tertiary/aromatic N) is 3. The van der Waals surface area contributed by atoms with Gasteiger partial charge in [0.1, 0.15) is 10.8 Å². The molecule has 1 N–H and O–H groups in total. The van der Waals surface area contributed by atoms with Gasteiger partial charge in [0.2, 0.25) is 0 Å². The molecule has 1 saturated heterocycles. The molecule has 1 aromatic carbocycles. The number of fused-ring (bicyclic) bond motifs is 1. The van der Waals surface area contributed by atoms with Crippen LogP contribution in [-0.2, 0) is 17.6 Å². The second kappa shape index (κ2) is 9.90. The number of aliphatic carboxylic acids is 1. The largest absolute Gasteiger partial charge is 0.494 e. The Morgan fingerprint density at radius 2 is 2.03 bits per heavy atom. The standard InChI is InChI=1S/C23H31N3O3S/c1-17-4-2-11-26(17)12-3-15-29-19-7-5-18(6-8-19)23-24-20-9-13-25(16-22(27)28)14-10-21(20)30-23/h5-8,17H,2-4,9-16H2,1H3,(H,27,28). The zero-order valence-corrected chi connectivity index (χ0v) is 18.5. The second-order valence-corrected chi connectivity index (χ2v) is 9.40. The number of benzene rings is 1. The van der Waals surface area contributed by atoms with Crippen LogP contribution in [0.25, 0.3) is 10.6 Å². The Balaban J connectivity index is 1.28. The molecular weight excluding hydrogens is 398 g/mol. The predicted octanol–water partition coefficient (Wildman–Crippen LogP) is 3.55. The number of hydrogen-bond acceptors (Lipinski definition) is 6. The molecule has 0 amide bonds. The lowest BCUT2D eigenvalue weighted by Crippen LogP contribution is -2.31. The van der Waals surface area contributed by atoms with E-state index in [1.807, 2.05) is 17.0 Å². The molecule has 2 aromatic rings. The summed E-state index contributed by atoms with van der Waals surface area (Å²) in [5, 5.41) is 10.0. The highest BCUT2D eigenvalue weighted by Gasteiger charge is 2.20. The molecule has 1 fully saturated rings. The van der Waals surface area contributed by atoms with Gasteiger partial charge in [-0.3, -0.25) is 9.69 Å². The van der Waals surface area contributed by atoms with Gasteiger partial charge in [0, 0.05) is 42.5 Å². The molecule has 1 atom stereocenters. The molecule has 30 heavy (non-hydrogen) atoms. The fourth-order valence-corrected chi connectivity index (χ4v) is 5.46. The van der Waals surface area contributed by atoms with Crippen LogP contribution in [0.5, 0.6) is 5.75 Å². The summed E-state index contributed by atoms with van der Waals surface area (Å²) in [4.78, 5) is 21.6. The zero-order chi connectivity index (χ0) is 20.9. The number of thiazole rings is 1. The van der Waals surface area contributed by atoms with Crippen LogP contribution in [0.1, 0.15) is 36.8 Å². The summed E-state index contributed by atoms with van der Waals surface area (Å²) in [5.74, 6) is 0.150. The maximum atomic E-state index is 10.9. The Hall–Kier alpha value is -1.96. The molecule has 2 aliphatic rings. The van der Waals surface area contributed by atoms with Crippen molar-refractivity contribution in [3.05, 3.63) is 34.8 Å². The third-order valence-electron chi connectivity index (χ3n) is 6.11. The first-order chi connectivity index (χ1) is 14.6. The summed E-state index contributed by atoms with van der Waals surface area (Å²) in [7, 11) is 0. The molecular formula is C23H31N3O3S. The lowest BCUT2D eigenvalue weighted by Gasteiger charge is -2.20. The van der Waals surface area contributed by atoms with Crippen LogP contribution < -0.4 is 4.74 Å². The molecule has 3 heterocycles. The van der Waals surface area contributed by atoms with E-state index in [0.717, 1.165) is 73.6 Å². The van der Waals surface area contributed by atoms with Crippen molar-refractivity contribution in [3.63, 3.8) is 0 Å². The normalized spacial score (nSPS) is 20.1. The van der Waals surface area contributed by atoms with Gasteiger partial charge in [-0.05, 0) is 63.4 Å². The molecule has 0 aliphatic carbocycles. The molecule has 0 saturated carbocycles. The number of likely N-dealkylation sites (tertiary alicyclic amines) is 1. The molecule has 6 nitrogen and oxygen atoms in total. The van der Waals surface area contributed by atoms with Crippen molar-refractivity contribution < 1.29 is 14.6 Å². The Kier molecular flexibility index (Phi) is 7.02. The van der Waals surface area contributed by atoms with Crippen molar-refractivity contribution in [1.29, 1.82) is 0 Å². The first kappa shape index (κ1) is 21.3. The summed E-state index contributed by atoms with van der Waals surface area (Å²) >= 11 is 1.73. The van der Waals surface area contributed by atoms with Crippen molar-refractivity contribution in [2.45, 2.75) is 45.1 Å². The van der Waals surface area contributed by atoms with E-state index in [1.165, 1.54) is 24.3 Å². The molecule has 7 heteroatoms. The van der Waals surface area contributed by atoms with E-state index in [9.17, 15) is 4.79 Å². The Bertz CT molecular complexity index is 826. The van der Waals surface area contributed by atoms with Crippen LogP contribution in [0.15, 0.2) is 24.3 Å². The molecule has 0 spiro atoms. The van der Waals surface area contributed by atoms with Gasteiger partial charge in [-0.1, -0.05) is 0 Å². The number of carboxylic acid groups (broad SMARTS) is 1. The lowest BCUT2D eigenvalue weighted by atomic mass is 10.2. The molecule has 4 rings (SSSR count). The minimum atomic E-state index is -0.762. The van der Waals surface area contributed by atoms with E-state index >= 15 is 0 Å². The minimum absolute atomic E-state index is 0.111. The quantitative estimate of drug-likeness (QED) is 0.648. The molecule has 2 aliphatic heterocycles. The Morgan fingerprint density at radius 1 is 1.23 bits per heavy atom. The van der Waals surface area contributed by atoms with Crippen molar-refractivity contribution in [2.24, 2.45) is 0 Å². The maximum Gasteiger partial charge on any atom is 0.317 e. The van der Waals surface area contributed by atoms with Crippen LogP contribution in [0.3, 0.4) is 0 Å². The number of hydrogen-bond donors (Lipinski definition) is 1. The molecule has 162 valence electrons. The van der Waals surface area contributed by atoms with Gasteiger partial charge in [0.25, 0.3) is 0 Å². The lowest BCUT2D eigenvalue weighted by molar-refractivity contribution is -0.138. The van der Waals surface area contributed by atoms with Crippen molar-refractivity contribution in [3.8, 4) is 16.3 Å². The van der Waals surface area contributed by atoms with E-state index in [-0.39, 0.29) is 6.54 Å². The monoisotopic (exact) mass is 429 g/mol. The Labute approximate surface area is 182 Å². The number of ether oxygens (including phenoxy) is 1. The van der Waals surface area contributed by atoms with Gasteiger partial charge >= 0.3 is 5.97 Å². The second-order valence-electron chi connectivity index (χ2n) is 8.31. The van der Waals surface area contributed by atoms with Gasteiger partial charge in [-0.15, -0.1) is 11.3 Å². The first-order valence-electron chi connectivity index (χ1n) is 11.0. The third-order valence-corrected chi connectivity index (χ3v) is 7.31. The molecule has 1 unspecified atom stereocenters. The van der Waals surface area contributed by atoms with Crippen LogP contribution in [-0.4, -0.2) is 71.2 Å². The predicted molar refractivity (Wildman–Crippen MR) is 119 cm³/mol. The minimum Gasteiger partial charge on any atom is -0.494 e. The molecule has 0 radical (unpaired) electrons. The first-order valence-corrected chi connectivity index (χ1v) is 11.8. The van der Waals surface area contributed by atoms with Crippen LogP contribution in [0.4, 0.5) is 0 Å². The van der Waals surface area contributed by atoms with Gasteiger partial charge < -0.3 is 14.7 Å². The Morgan fingerprint density at radius 3 is 2.77 bits per heavy atom. The van der Waals surface area contributed by atoms with Gasteiger partial charge in [-0.2, -0.15) is 0 Å². The van der Waals surface area contributed by atoms with Crippen LogP contribution in [0.2, 0.25) is 0 Å². The summed E-state index contributed by atoms with van der Waals surface area (Å²) in [6.07, 6.45) is 5.39. The maximum absolute atomic E-state index is 10.9. The summed E-state index contributed by atoms with van der Waals surface area (Å²) in [6.45, 7) is 7.06. The average molecular weight is 430 g/mol. The fraction of sp³-hybridized carbons (Fsp3) is 0.565. The van der Waals surface area contributed by atoms with E-state index in [2.05, 4.69) is 24.0 Å². The van der Waals surface area contributed by atoms with E-state index in [0.29, 0.717) is 0 Å². The number of carbonyl (C=O) groups is 1. The molecule has 0 bridgehead atoms. The van der Waals surface area contributed by atoms with Gasteiger partial charge in [-0.25, -0.2) is 4.98 Å². The number of carboxylic acids is 1. The van der Waals surface area contributed by atoms with Crippen LogP contribution >= 0.6 is 11.3 Å². The average Bonchev–Trinajstić information content (AvgIpc) is 3.29. The SMILES string of the molecule is CC1CCCN1CCCOc1ccc(-c2nc3c(s2)CCN(CC(=O)O)CC3)cc1. The number of aromatic nitrogens is 1. The van der Waals surface area contributed by atoms with E-state index in [4.69, 9.17) is 14.8 Å². The highest BCUT2D eigenvalue weighted by atomic mass is 32.1. The number of rotatable bonds is 8. The summed E-state index contributed by atoms with van der Waals surface area (Å²) in [6, 6.07) is 8.97. The van der Waals surface area contributed by atoms with Gasteiger partial charge in [0.15, 0.2) is 0 Å². The summed E-state index contributed by atoms with van der Waals surface area (Å²) < 4.78 is 5.94. The zero-order valence-electron chi connectivity index (χ0n) is 17.7. The van der Waals surface area contributed by atoms with Crippen LogP contribution in [0, 0.1) is 0 Å². The van der Waals surface area contributed by atoms with Crippen molar-refractivity contribution >= 4 is 17.3 Å². The van der Waals surface area contributed by atoms with E-state index in [1.54, 1.807) is 11.3 Å². The van der Waals surface area contributed by atoms with Crippen molar-refractivity contribution in [1.82, 2.24) is 14.8 Å². The van der Waals surface area contributed by atoms with Gasteiger partial charge in [0.05, 0.1) is 18.8 Å². The molecule has 1 aromatic heterocycles. The third kappa shape index (κ3) is 5.39. The highest BCUT2D eigenvalue weighted by Crippen LogP contribution is 2.31. The van der Waals surface area contributed by atoms with E-state index < -0.39 is 5.97 Å².